The van der Waals surface area contributed by atoms with E-state index in [0.717, 1.165) is 19.0 Å². The third-order valence-corrected chi connectivity index (χ3v) is 3.56. The molecule has 0 aromatic heterocycles. The van der Waals surface area contributed by atoms with Gasteiger partial charge < -0.3 is 10.6 Å². The highest BCUT2D eigenvalue weighted by molar-refractivity contribution is 4.95. The molecular weight excluding hydrogens is 160 g/mol. The van der Waals surface area contributed by atoms with E-state index < -0.39 is 0 Å². The van der Waals surface area contributed by atoms with Crippen molar-refractivity contribution in [3.05, 3.63) is 0 Å². The molecule has 1 heterocycles. The smallest absolute Gasteiger partial charge is 0.0301 e. The Balaban J connectivity index is 2.45. The molecule has 1 unspecified atom stereocenters. The molecule has 1 fully saturated rings. The first-order chi connectivity index (χ1) is 6.13. The van der Waals surface area contributed by atoms with Crippen LogP contribution in [0.1, 0.15) is 40.5 Å². The van der Waals surface area contributed by atoms with Crippen molar-refractivity contribution in [2.24, 2.45) is 5.92 Å². The highest BCUT2D eigenvalue weighted by Gasteiger charge is 2.31. The predicted molar refractivity (Wildman–Crippen MR) is 57.9 cm³/mol. The average molecular weight is 184 g/mol. The average Bonchev–Trinajstić information content (AvgIpc) is 2.18. The first kappa shape index (κ1) is 11.0. The summed E-state index contributed by atoms with van der Waals surface area (Å²) in [6.45, 7) is 11.4. The molecule has 1 saturated heterocycles. The van der Waals surface area contributed by atoms with Crippen LogP contribution in [0.25, 0.3) is 0 Å². The van der Waals surface area contributed by atoms with Crippen LogP contribution in [0, 0.1) is 5.92 Å². The summed E-state index contributed by atoms with van der Waals surface area (Å²) in [7, 11) is 0. The minimum atomic E-state index is 0.366. The zero-order chi connectivity index (χ0) is 9.90. The molecule has 1 aliphatic rings. The summed E-state index contributed by atoms with van der Waals surface area (Å²) in [4.78, 5) is 0. The topological polar surface area (TPSA) is 24.1 Å². The molecule has 0 aliphatic carbocycles. The molecule has 2 heteroatoms. The normalized spacial score (nSPS) is 27.9. The van der Waals surface area contributed by atoms with Crippen LogP contribution in [-0.4, -0.2) is 24.7 Å². The molecule has 0 saturated carbocycles. The van der Waals surface area contributed by atoms with Crippen LogP contribution in [-0.2, 0) is 0 Å². The van der Waals surface area contributed by atoms with Gasteiger partial charge in [0.05, 0.1) is 0 Å². The zero-order valence-electron chi connectivity index (χ0n) is 9.48. The van der Waals surface area contributed by atoms with Crippen LogP contribution in [0.15, 0.2) is 0 Å². The van der Waals surface area contributed by atoms with Crippen molar-refractivity contribution < 1.29 is 0 Å². The molecule has 0 spiro atoms. The fourth-order valence-electron chi connectivity index (χ4n) is 2.01. The van der Waals surface area contributed by atoms with Gasteiger partial charge in [0.1, 0.15) is 0 Å². The summed E-state index contributed by atoms with van der Waals surface area (Å²) in [5.74, 6) is 0.735. The summed E-state index contributed by atoms with van der Waals surface area (Å²) >= 11 is 0. The van der Waals surface area contributed by atoms with E-state index in [0.29, 0.717) is 11.6 Å². The van der Waals surface area contributed by atoms with E-state index in [2.05, 4.69) is 38.3 Å². The number of piperazine rings is 1. The fraction of sp³-hybridized carbons (Fsp3) is 1.00. The van der Waals surface area contributed by atoms with Crippen LogP contribution in [0.5, 0.6) is 0 Å². The van der Waals surface area contributed by atoms with Crippen molar-refractivity contribution >= 4 is 0 Å². The molecule has 2 N–H and O–H groups in total. The second-order valence-electron chi connectivity index (χ2n) is 4.60. The SMILES string of the molecule is CCC1(CC)CNC(C(C)C)CN1. The fourth-order valence-corrected chi connectivity index (χ4v) is 2.01. The van der Waals surface area contributed by atoms with Crippen molar-refractivity contribution in [2.75, 3.05) is 13.1 Å². The summed E-state index contributed by atoms with van der Waals surface area (Å²) in [6, 6.07) is 0.659. The second-order valence-corrected chi connectivity index (χ2v) is 4.60. The Hall–Kier alpha value is -0.0800. The van der Waals surface area contributed by atoms with E-state index in [4.69, 9.17) is 0 Å². The van der Waals surface area contributed by atoms with Crippen molar-refractivity contribution in [3.8, 4) is 0 Å². The number of nitrogens with one attached hydrogen (secondary N) is 2. The lowest BCUT2D eigenvalue weighted by Gasteiger charge is -2.42. The Morgan fingerprint density at radius 3 is 2.23 bits per heavy atom. The molecule has 0 amide bonds. The van der Waals surface area contributed by atoms with Crippen molar-refractivity contribution in [1.29, 1.82) is 0 Å². The van der Waals surface area contributed by atoms with Crippen molar-refractivity contribution in [2.45, 2.75) is 52.1 Å². The van der Waals surface area contributed by atoms with Gasteiger partial charge in [-0.2, -0.15) is 0 Å². The molecule has 13 heavy (non-hydrogen) atoms. The van der Waals surface area contributed by atoms with E-state index >= 15 is 0 Å². The van der Waals surface area contributed by atoms with E-state index in [9.17, 15) is 0 Å². The Labute approximate surface area is 82.5 Å². The van der Waals surface area contributed by atoms with Crippen LogP contribution >= 0.6 is 0 Å². The quantitative estimate of drug-likeness (QED) is 0.698. The van der Waals surface area contributed by atoms with Crippen LogP contribution < -0.4 is 10.6 Å². The third-order valence-electron chi connectivity index (χ3n) is 3.56. The van der Waals surface area contributed by atoms with E-state index in [1.165, 1.54) is 12.8 Å². The molecule has 1 atom stereocenters. The second kappa shape index (κ2) is 4.43. The minimum absolute atomic E-state index is 0.366. The maximum atomic E-state index is 3.70. The Morgan fingerprint density at radius 2 is 1.92 bits per heavy atom. The number of hydrogen-bond acceptors (Lipinski definition) is 2. The van der Waals surface area contributed by atoms with Gasteiger partial charge in [-0.25, -0.2) is 0 Å². The lowest BCUT2D eigenvalue weighted by Crippen LogP contribution is -2.63. The van der Waals surface area contributed by atoms with E-state index in [1.54, 1.807) is 0 Å². The van der Waals surface area contributed by atoms with Gasteiger partial charge in [0, 0.05) is 24.7 Å². The van der Waals surface area contributed by atoms with Gasteiger partial charge in [-0.05, 0) is 18.8 Å². The highest BCUT2D eigenvalue weighted by atomic mass is 15.1. The number of rotatable bonds is 3. The summed E-state index contributed by atoms with van der Waals surface area (Å²) in [5.41, 5.74) is 0.366. The molecule has 0 aromatic rings. The Morgan fingerprint density at radius 1 is 1.31 bits per heavy atom. The van der Waals surface area contributed by atoms with Gasteiger partial charge in [-0.1, -0.05) is 27.7 Å². The molecule has 78 valence electrons. The third kappa shape index (κ3) is 2.44. The Kier molecular flexibility index (Phi) is 3.74. The minimum Gasteiger partial charge on any atom is -0.311 e. The molecule has 1 aliphatic heterocycles. The molecular formula is C11H24N2. The highest BCUT2D eigenvalue weighted by Crippen LogP contribution is 2.18. The first-order valence-corrected chi connectivity index (χ1v) is 5.62. The largest absolute Gasteiger partial charge is 0.311 e. The monoisotopic (exact) mass is 184 g/mol. The summed E-state index contributed by atoms with van der Waals surface area (Å²) in [6.07, 6.45) is 2.45. The lowest BCUT2D eigenvalue weighted by molar-refractivity contribution is 0.196. The van der Waals surface area contributed by atoms with Crippen molar-refractivity contribution in [3.63, 3.8) is 0 Å². The molecule has 0 bridgehead atoms. The van der Waals surface area contributed by atoms with Gasteiger partial charge in [-0.3, -0.25) is 0 Å². The number of hydrogen-bond donors (Lipinski definition) is 2. The first-order valence-electron chi connectivity index (χ1n) is 5.62. The maximum absolute atomic E-state index is 3.70. The zero-order valence-corrected chi connectivity index (χ0v) is 9.48. The molecule has 2 nitrogen and oxygen atoms in total. The van der Waals surface area contributed by atoms with Crippen molar-refractivity contribution in [1.82, 2.24) is 10.6 Å². The summed E-state index contributed by atoms with van der Waals surface area (Å²) in [5, 5.41) is 7.35. The maximum Gasteiger partial charge on any atom is 0.0301 e. The molecule has 0 aromatic carbocycles. The van der Waals surface area contributed by atoms with E-state index in [-0.39, 0.29) is 0 Å². The molecule has 1 rings (SSSR count). The predicted octanol–water partition coefficient (Wildman–Crippen LogP) is 1.76. The van der Waals surface area contributed by atoms with Crippen LogP contribution in [0.2, 0.25) is 0 Å². The van der Waals surface area contributed by atoms with E-state index in [1.807, 2.05) is 0 Å². The lowest BCUT2D eigenvalue weighted by atomic mass is 9.88. The van der Waals surface area contributed by atoms with Gasteiger partial charge >= 0.3 is 0 Å². The standard InChI is InChI=1S/C11H24N2/c1-5-11(6-2)8-12-10(7-13-11)9(3)4/h9-10,12-13H,5-8H2,1-4H3. The Bertz CT molecular complexity index is 140. The van der Waals surface area contributed by atoms with Gasteiger partial charge in [-0.15, -0.1) is 0 Å². The molecule has 0 radical (unpaired) electrons. The van der Waals surface area contributed by atoms with Gasteiger partial charge in [0.25, 0.3) is 0 Å². The summed E-state index contributed by atoms with van der Waals surface area (Å²) < 4.78 is 0. The van der Waals surface area contributed by atoms with Crippen LogP contribution in [0.4, 0.5) is 0 Å². The van der Waals surface area contributed by atoms with Gasteiger partial charge in [0.15, 0.2) is 0 Å². The van der Waals surface area contributed by atoms with Crippen LogP contribution in [0.3, 0.4) is 0 Å². The van der Waals surface area contributed by atoms with Gasteiger partial charge in [0.2, 0.25) is 0 Å².